The Balaban J connectivity index is 1.42. The highest BCUT2D eigenvalue weighted by molar-refractivity contribution is 8.18. The maximum atomic E-state index is 12.6. The monoisotopic (exact) mass is 445 g/mol. The Morgan fingerprint density at radius 1 is 1.09 bits per heavy atom. The number of benzene rings is 2. The van der Waals surface area contributed by atoms with Crippen LogP contribution in [0.25, 0.3) is 11.8 Å². The summed E-state index contributed by atoms with van der Waals surface area (Å²) in [5, 5.41) is 3.46. The number of rotatable bonds is 4. The molecular weight excluding hydrogens is 422 g/mol. The third-order valence-corrected chi connectivity index (χ3v) is 6.51. The summed E-state index contributed by atoms with van der Waals surface area (Å²) >= 11 is 1.36. The second-order valence-corrected chi connectivity index (χ2v) is 8.73. The van der Waals surface area contributed by atoms with Crippen molar-refractivity contribution in [3.05, 3.63) is 76.0 Å². The van der Waals surface area contributed by atoms with Gasteiger partial charge in [-0.2, -0.15) is 0 Å². The van der Waals surface area contributed by atoms with Crippen molar-refractivity contribution in [1.82, 2.24) is 9.88 Å². The van der Waals surface area contributed by atoms with E-state index in [1.54, 1.807) is 0 Å². The maximum Gasteiger partial charge on any atom is 0.264 e. The molecule has 1 aromatic heterocycles. The molecule has 1 fully saturated rings. The van der Waals surface area contributed by atoms with Crippen molar-refractivity contribution in [3.8, 4) is 17.2 Å². The Morgan fingerprint density at radius 3 is 2.66 bits per heavy atom. The molecular formula is C25H23N3O3S. The molecule has 2 aliphatic rings. The Morgan fingerprint density at radius 2 is 1.88 bits per heavy atom. The van der Waals surface area contributed by atoms with Gasteiger partial charge in [0.15, 0.2) is 16.7 Å². The normalized spacial score (nSPS) is 17.4. The van der Waals surface area contributed by atoms with Crippen LogP contribution in [0.2, 0.25) is 0 Å². The number of nitrogens with zero attached hydrogens (tertiary/aromatic N) is 2. The molecule has 1 N–H and O–H groups in total. The van der Waals surface area contributed by atoms with Crippen LogP contribution in [-0.4, -0.2) is 22.4 Å². The summed E-state index contributed by atoms with van der Waals surface area (Å²) in [7, 11) is 0. The minimum atomic E-state index is -0.133. The molecule has 32 heavy (non-hydrogen) atoms. The van der Waals surface area contributed by atoms with Crippen LogP contribution in [0.15, 0.2) is 58.4 Å². The molecule has 3 aromatic rings. The van der Waals surface area contributed by atoms with Gasteiger partial charge in [0.25, 0.3) is 5.91 Å². The van der Waals surface area contributed by atoms with Gasteiger partial charge in [-0.05, 0) is 79.6 Å². The lowest BCUT2D eigenvalue weighted by Gasteiger charge is -2.10. The van der Waals surface area contributed by atoms with Crippen LogP contribution in [0.5, 0.6) is 11.5 Å². The van der Waals surface area contributed by atoms with E-state index in [2.05, 4.69) is 40.0 Å². The van der Waals surface area contributed by atoms with E-state index >= 15 is 0 Å². The summed E-state index contributed by atoms with van der Waals surface area (Å²) in [6.07, 6.45) is 2.91. The van der Waals surface area contributed by atoms with Crippen molar-refractivity contribution in [2.24, 2.45) is 4.99 Å². The van der Waals surface area contributed by atoms with Gasteiger partial charge in [0.2, 0.25) is 6.79 Å². The largest absolute Gasteiger partial charge is 0.454 e. The highest BCUT2D eigenvalue weighted by atomic mass is 32.2. The number of amidine groups is 1. The number of nitrogens with one attached hydrogen (secondary N) is 1. The van der Waals surface area contributed by atoms with Crippen LogP contribution in [0.1, 0.15) is 29.4 Å². The number of carbonyl (C=O) groups is 1. The van der Waals surface area contributed by atoms with E-state index in [0.29, 0.717) is 10.1 Å². The van der Waals surface area contributed by atoms with Crippen LogP contribution in [0, 0.1) is 13.8 Å². The lowest BCUT2D eigenvalue weighted by molar-refractivity contribution is -0.115. The van der Waals surface area contributed by atoms with Gasteiger partial charge in [-0.1, -0.05) is 19.1 Å². The van der Waals surface area contributed by atoms with Crippen LogP contribution in [-0.2, 0) is 11.2 Å². The number of hydrogen-bond acceptors (Lipinski definition) is 5. The summed E-state index contributed by atoms with van der Waals surface area (Å²) in [4.78, 5) is 17.8. The van der Waals surface area contributed by atoms with Crippen molar-refractivity contribution < 1.29 is 14.3 Å². The summed E-state index contributed by atoms with van der Waals surface area (Å²) in [6.45, 7) is 6.47. The molecule has 7 heteroatoms. The third-order valence-electron chi connectivity index (χ3n) is 5.60. The van der Waals surface area contributed by atoms with Crippen molar-refractivity contribution in [1.29, 1.82) is 0 Å². The molecule has 0 bridgehead atoms. The maximum absolute atomic E-state index is 12.6. The lowest BCUT2D eigenvalue weighted by atomic mass is 10.2. The summed E-state index contributed by atoms with van der Waals surface area (Å²) < 4.78 is 13.1. The quantitative estimate of drug-likeness (QED) is 0.555. The SMILES string of the molecule is CCc1ccc(N=C2NC(=O)/C(=C/c3cc(C)n(-c4ccc5c(c4)OCO5)c3C)S2)cc1. The van der Waals surface area contributed by atoms with Gasteiger partial charge in [-0.3, -0.25) is 4.79 Å². The minimum absolute atomic E-state index is 0.133. The Bertz CT molecular complexity index is 1270. The van der Waals surface area contributed by atoms with Gasteiger partial charge in [-0.25, -0.2) is 4.99 Å². The molecule has 0 atom stereocenters. The second-order valence-electron chi connectivity index (χ2n) is 7.70. The van der Waals surface area contributed by atoms with Crippen LogP contribution >= 0.6 is 11.8 Å². The third kappa shape index (κ3) is 3.80. The van der Waals surface area contributed by atoms with Gasteiger partial charge >= 0.3 is 0 Å². The molecule has 1 saturated heterocycles. The predicted molar refractivity (Wildman–Crippen MR) is 128 cm³/mol. The standard InChI is InChI=1S/C25H23N3O3S/c1-4-17-5-7-19(8-6-17)26-25-27-24(29)23(32-25)12-18-11-15(2)28(16(18)3)20-9-10-21-22(13-20)31-14-30-21/h5-13H,4,14H2,1-3H3,(H,26,27,29)/b23-12-. The number of fused-ring (bicyclic) bond motifs is 1. The molecule has 162 valence electrons. The van der Waals surface area contributed by atoms with E-state index in [0.717, 1.165) is 46.2 Å². The van der Waals surface area contributed by atoms with E-state index in [9.17, 15) is 4.79 Å². The summed E-state index contributed by atoms with van der Waals surface area (Å²) in [5.74, 6) is 1.37. The van der Waals surface area contributed by atoms with E-state index in [1.165, 1.54) is 17.3 Å². The van der Waals surface area contributed by atoms with Gasteiger partial charge in [0, 0.05) is 23.1 Å². The zero-order valence-electron chi connectivity index (χ0n) is 18.1. The first kappa shape index (κ1) is 20.5. The van der Waals surface area contributed by atoms with Crippen LogP contribution in [0.4, 0.5) is 5.69 Å². The zero-order valence-corrected chi connectivity index (χ0v) is 19.0. The number of aryl methyl sites for hydroxylation is 2. The molecule has 5 rings (SSSR count). The van der Waals surface area contributed by atoms with Gasteiger partial charge in [0.05, 0.1) is 10.6 Å². The lowest BCUT2D eigenvalue weighted by Crippen LogP contribution is -2.19. The second kappa shape index (κ2) is 8.24. The molecule has 0 spiro atoms. The average molecular weight is 446 g/mol. The molecule has 0 radical (unpaired) electrons. The summed E-state index contributed by atoms with van der Waals surface area (Å²) in [5.41, 5.74) is 6.19. The summed E-state index contributed by atoms with van der Waals surface area (Å²) in [6, 6.07) is 16.1. The first-order valence-corrected chi connectivity index (χ1v) is 11.3. The topological polar surface area (TPSA) is 64.9 Å². The number of amides is 1. The van der Waals surface area contributed by atoms with Gasteiger partial charge in [0.1, 0.15) is 0 Å². The smallest absolute Gasteiger partial charge is 0.264 e. The van der Waals surface area contributed by atoms with Gasteiger partial charge in [-0.15, -0.1) is 0 Å². The number of thioether (sulfide) groups is 1. The Labute approximate surface area is 191 Å². The number of aliphatic imine (C=N–C) groups is 1. The van der Waals surface area contributed by atoms with Crippen LogP contribution < -0.4 is 14.8 Å². The van der Waals surface area contributed by atoms with Crippen molar-refractivity contribution >= 4 is 34.6 Å². The number of carbonyl (C=O) groups excluding carboxylic acids is 1. The van der Waals surface area contributed by atoms with Crippen molar-refractivity contribution in [2.75, 3.05) is 6.79 Å². The van der Waals surface area contributed by atoms with E-state index in [1.807, 2.05) is 50.3 Å². The van der Waals surface area contributed by atoms with E-state index in [4.69, 9.17) is 9.47 Å². The molecule has 0 unspecified atom stereocenters. The molecule has 0 aliphatic carbocycles. The average Bonchev–Trinajstić information content (AvgIpc) is 3.46. The molecule has 3 heterocycles. The molecule has 2 aliphatic heterocycles. The minimum Gasteiger partial charge on any atom is -0.454 e. The first-order valence-electron chi connectivity index (χ1n) is 10.5. The molecule has 6 nitrogen and oxygen atoms in total. The van der Waals surface area contributed by atoms with Crippen molar-refractivity contribution in [3.63, 3.8) is 0 Å². The predicted octanol–water partition coefficient (Wildman–Crippen LogP) is 5.28. The fraction of sp³-hybridized carbons (Fsp3) is 0.200. The number of aromatic nitrogens is 1. The Hall–Kier alpha value is -3.45. The van der Waals surface area contributed by atoms with Crippen LogP contribution in [0.3, 0.4) is 0 Å². The van der Waals surface area contributed by atoms with E-state index < -0.39 is 0 Å². The highest BCUT2D eigenvalue weighted by Crippen LogP contribution is 2.36. The van der Waals surface area contributed by atoms with Gasteiger partial charge < -0.3 is 19.4 Å². The van der Waals surface area contributed by atoms with E-state index in [-0.39, 0.29) is 12.7 Å². The first-order chi connectivity index (χ1) is 15.5. The Kier molecular flexibility index (Phi) is 5.27. The number of hydrogen-bond donors (Lipinski definition) is 1. The highest BCUT2D eigenvalue weighted by Gasteiger charge is 2.25. The van der Waals surface area contributed by atoms with Crippen molar-refractivity contribution in [2.45, 2.75) is 27.2 Å². The molecule has 0 saturated carbocycles. The number of ether oxygens (including phenoxy) is 2. The fourth-order valence-electron chi connectivity index (χ4n) is 3.90. The molecule has 1 amide bonds. The fourth-order valence-corrected chi connectivity index (χ4v) is 4.73. The molecule has 2 aromatic carbocycles. The zero-order chi connectivity index (χ0) is 22.2.